The number of thiazole rings is 1. The number of aromatic nitrogens is 2. The zero-order valence-electron chi connectivity index (χ0n) is 41.6. The van der Waals surface area contributed by atoms with Gasteiger partial charge in [0.1, 0.15) is 16.2 Å². The van der Waals surface area contributed by atoms with Crippen molar-refractivity contribution in [3.05, 3.63) is 167 Å². The molecule has 0 unspecified atom stereocenters. The lowest BCUT2D eigenvalue weighted by molar-refractivity contribution is 0.332. The van der Waals surface area contributed by atoms with Crippen LogP contribution in [0.25, 0.3) is 92.5 Å². The lowest BCUT2D eigenvalue weighted by Gasteiger charge is -2.41. The number of furan rings is 1. The molecule has 0 atom stereocenters. The topological polar surface area (TPSA) is 43.0 Å². The van der Waals surface area contributed by atoms with E-state index in [1.807, 2.05) is 0 Å². The van der Waals surface area contributed by atoms with Crippen LogP contribution >= 0.6 is 11.3 Å². The third kappa shape index (κ3) is 5.98. The average Bonchev–Trinajstić information content (AvgIpc) is 4.07. The van der Waals surface area contributed by atoms with Crippen LogP contribution in [-0.4, -0.2) is 16.8 Å². The van der Waals surface area contributed by atoms with Gasteiger partial charge in [-0.2, -0.15) is 0 Å². The first-order chi connectivity index (χ1) is 33.5. The van der Waals surface area contributed by atoms with Crippen LogP contribution in [0.1, 0.15) is 103 Å². The summed E-state index contributed by atoms with van der Waals surface area (Å²) in [7, 11) is 0.779. The second kappa shape index (κ2) is 14.1. The number of benzene rings is 8. The Bertz CT molecular complexity index is 4060. The fourth-order valence-electron chi connectivity index (χ4n) is 12.7. The SMILES string of the molecule is CC(C)(C)c1ccc(Nc2cc3oc4cc5c(cc4c3cc2-c2ccc3c4cc6c(cc4n4c3c2Bc2cc3nc(-c7ccccc7)sc3cc2-4)C(C)(C)c2ccccc2-6)C(C)(C)CCC5(C)C)cc1. The molecule has 0 bridgehead atoms. The molecule has 0 saturated carbocycles. The monoisotopic (exact) mass is 925 g/mol. The van der Waals surface area contributed by atoms with E-state index in [0.717, 1.165) is 64.1 Å². The second-order valence-electron chi connectivity index (χ2n) is 23.5. The Morgan fingerprint density at radius 3 is 2.09 bits per heavy atom. The van der Waals surface area contributed by atoms with Gasteiger partial charge in [-0.3, -0.25) is 0 Å². The summed E-state index contributed by atoms with van der Waals surface area (Å²) < 4.78 is 10.8. The highest BCUT2D eigenvalue weighted by molar-refractivity contribution is 7.21. The molecule has 3 aromatic heterocycles. The van der Waals surface area contributed by atoms with Crippen LogP contribution in [0.2, 0.25) is 0 Å². The fraction of sp³-hybridized carbons (Fsp3) is 0.234. The Balaban J connectivity index is 1.05. The molecule has 11 aromatic rings. The molecular formula is C64H56BN3OS. The zero-order valence-corrected chi connectivity index (χ0v) is 42.4. The normalized spacial score (nSPS) is 16.1. The highest BCUT2D eigenvalue weighted by atomic mass is 32.1. The standard InChI is InChI=1S/C64H56BN3OS/c1-61(2,3)36-19-21-37(22-20-36)66-51-33-56-44(45-29-48-49(31-55(45)69-56)63(6,7)26-25-62(48,4)5)28-42(51)39-23-24-40-43-27-41-38-17-13-14-18-46(38)64(8,9)47(41)30-53(43)68-54-34-57-52(32-50(54)65-58(39)59(40)68)67-60(70-57)35-15-11-10-12-16-35/h10-24,27-34,65-66H,25-26H2,1-9H3. The average molecular weight is 926 g/mol. The molecule has 0 spiro atoms. The van der Waals surface area contributed by atoms with Crippen LogP contribution in [0.3, 0.4) is 0 Å². The van der Waals surface area contributed by atoms with E-state index in [0.29, 0.717) is 0 Å². The predicted molar refractivity (Wildman–Crippen MR) is 300 cm³/mol. The van der Waals surface area contributed by atoms with Crippen LogP contribution in [0.4, 0.5) is 11.4 Å². The molecule has 6 heteroatoms. The van der Waals surface area contributed by atoms with Gasteiger partial charge in [0.05, 0.1) is 21.4 Å². The smallest absolute Gasteiger partial charge is 0.198 e. The molecule has 4 heterocycles. The summed E-state index contributed by atoms with van der Waals surface area (Å²) in [6.07, 6.45) is 2.32. The highest BCUT2D eigenvalue weighted by Crippen LogP contribution is 2.53. The van der Waals surface area contributed by atoms with Gasteiger partial charge in [-0.1, -0.05) is 147 Å². The van der Waals surface area contributed by atoms with E-state index in [-0.39, 0.29) is 21.7 Å². The van der Waals surface area contributed by atoms with E-state index in [9.17, 15) is 0 Å². The van der Waals surface area contributed by atoms with E-state index < -0.39 is 0 Å². The summed E-state index contributed by atoms with van der Waals surface area (Å²) in [5, 5.41) is 9.93. The van der Waals surface area contributed by atoms with Crippen molar-refractivity contribution in [2.24, 2.45) is 0 Å². The Morgan fingerprint density at radius 2 is 1.31 bits per heavy atom. The third-order valence-electron chi connectivity index (χ3n) is 16.9. The summed E-state index contributed by atoms with van der Waals surface area (Å²) in [5.41, 5.74) is 24.7. The minimum absolute atomic E-state index is 0.0541. The largest absolute Gasteiger partial charge is 0.456 e. The van der Waals surface area contributed by atoms with Crippen LogP contribution in [0, 0.1) is 0 Å². The summed E-state index contributed by atoms with van der Waals surface area (Å²) >= 11 is 1.79. The molecule has 0 fully saturated rings. The predicted octanol–water partition coefficient (Wildman–Crippen LogP) is 16.0. The van der Waals surface area contributed by atoms with Crippen molar-refractivity contribution in [1.82, 2.24) is 9.55 Å². The van der Waals surface area contributed by atoms with Crippen molar-refractivity contribution in [3.8, 4) is 38.5 Å². The molecule has 342 valence electrons. The molecule has 14 rings (SSSR count). The molecular weight excluding hydrogens is 870 g/mol. The molecule has 3 aliphatic rings. The molecule has 0 amide bonds. The first-order valence-electron chi connectivity index (χ1n) is 25.2. The third-order valence-corrected chi connectivity index (χ3v) is 17.9. The zero-order chi connectivity index (χ0) is 47.8. The summed E-state index contributed by atoms with van der Waals surface area (Å²) in [5.74, 6) is 0. The lowest BCUT2D eigenvalue weighted by Crippen LogP contribution is -2.37. The van der Waals surface area contributed by atoms with Gasteiger partial charge in [0.25, 0.3) is 0 Å². The summed E-state index contributed by atoms with van der Waals surface area (Å²) in [4.78, 5) is 5.29. The quantitative estimate of drug-likeness (QED) is 0.179. The van der Waals surface area contributed by atoms with Gasteiger partial charge < -0.3 is 14.3 Å². The Hall–Kier alpha value is -6.89. The van der Waals surface area contributed by atoms with Crippen molar-refractivity contribution >= 4 is 94.9 Å². The Labute approximate surface area is 414 Å². The minimum atomic E-state index is -0.132. The van der Waals surface area contributed by atoms with E-state index in [2.05, 4.69) is 212 Å². The van der Waals surface area contributed by atoms with Crippen LogP contribution in [0.5, 0.6) is 0 Å². The number of rotatable bonds is 4. The van der Waals surface area contributed by atoms with Gasteiger partial charge in [0.2, 0.25) is 0 Å². The van der Waals surface area contributed by atoms with Crippen LogP contribution in [0.15, 0.2) is 144 Å². The van der Waals surface area contributed by atoms with E-state index in [1.54, 1.807) is 11.3 Å². The Kier molecular flexibility index (Phi) is 8.49. The van der Waals surface area contributed by atoms with Gasteiger partial charge in [-0.15, -0.1) is 11.3 Å². The maximum Gasteiger partial charge on any atom is 0.198 e. The van der Waals surface area contributed by atoms with E-state index >= 15 is 0 Å². The van der Waals surface area contributed by atoms with Crippen molar-refractivity contribution in [2.45, 2.75) is 96.8 Å². The van der Waals surface area contributed by atoms with Crippen LogP contribution in [-0.2, 0) is 21.7 Å². The van der Waals surface area contributed by atoms with E-state index in [4.69, 9.17) is 9.40 Å². The number of fused-ring (bicyclic) bond motifs is 13. The maximum atomic E-state index is 6.96. The van der Waals surface area contributed by atoms with Crippen molar-refractivity contribution in [2.75, 3.05) is 5.32 Å². The van der Waals surface area contributed by atoms with Crippen LogP contribution < -0.4 is 16.2 Å². The molecule has 4 nitrogen and oxygen atoms in total. The molecule has 0 radical (unpaired) electrons. The number of anilines is 2. The van der Waals surface area contributed by atoms with Crippen molar-refractivity contribution < 1.29 is 4.42 Å². The fourth-order valence-corrected chi connectivity index (χ4v) is 13.7. The van der Waals surface area contributed by atoms with Gasteiger partial charge in [-0.25, -0.2) is 4.98 Å². The molecule has 0 saturated heterocycles. The number of hydrogen-bond donors (Lipinski definition) is 1. The Morgan fingerprint density at radius 1 is 0.614 bits per heavy atom. The van der Waals surface area contributed by atoms with Gasteiger partial charge in [0.15, 0.2) is 7.28 Å². The summed E-state index contributed by atoms with van der Waals surface area (Å²) in [6, 6.07) is 52.9. The van der Waals surface area contributed by atoms with Crippen molar-refractivity contribution in [3.63, 3.8) is 0 Å². The number of nitrogens with one attached hydrogen (secondary N) is 1. The summed E-state index contributed by atoms with van der Waals surface area (Å²) in [6.45, 7) is 21.2. The van der Waals surface area contributed by atoms with Gasteiger partial charge in [-0.05, 0) is 134 Å². The maximum absolute atomic E-state index is 6.96. The number of hydrogen-bond acceptors (Lipinski definition) is 4. The lowest BCUT2D eigenvalue weighted by atomic mass is 9.59. The second-order valence-corrected chi connectivity index (χ2v) is 24.6. The molecule has 1 aliphatic heterocycles. The van der Waals surface area contributed by atoms with Gasteiger partial charge >= 0.3 is 0 Å². The first-order valence-corrected chi connectivity index (χ1v) is 26.0. The van der Waals surface area contributed by atoms with Crippen molar-refractivity contribution in [1.29, 1.82) is 0 Å². The van der Waals surface area contributed by atoms with E-state index in [1.165, 1.54) is 98.6 Å². The van der Waals surface area contributed by atoms with Gasteiger partial charge in [0, 0.05) is 61.0 Å². The minimum Gasteiger partial charge on any atom is -0.456 e. The highest BCUT2D eigenvalue weighted by Gasteiger charge is 2.39. The molecule has 1 N–H and O–H groups in total. The number of nitrogens with zero attached hydrogens (tertiary/aromatic N) is 2. The first kappa shape index (κ1) is 42.0. The molecule has 2 aliphatic carbocycles. The molecule has 70 heavy (non-hydrogen) atoms. The molecule has 8 aromatic carbocycles.